The molecule has 3 aromatic rings. The van der Waals surface area contributed by atoms with Gasteiger partial charge >= 0.3 is 0 Å². The Hall–Kier alpha value is -1.89. The number of fused-ring (bicyclic) bond motifs is 3. The van der Waals surface area contributed by atoms with Gasteiger partial charge in [0.1, 0.15) is 0 Å². The summed E-state index contributed by atoms with van der Waals surface area (Å²) < 4.78 is 0. The molecular weight excluding hydrogens is 218 g/mol. The van der Waals surface area contributed by atoms with Gasteiger partial charge in [-0.15, -0.1) is 0 Å². The van der Waals surface area contributed by atoms with E-state index in [1.54, 1.807) is 0 Å². The third-order valence-corrected chi connectivity index (χ3v) is 3.47. The van der Waals surface area contributed by atoms with Crippen LogP contribution in [-0.4, -0.2) is 4.98 Å². The monoisotopic (exact) mass is 235 g/mol. The van der Waals surface area contributed by atoms with E-state index in [9.17, 15) is 0 Å². The second-order valence-corrected chi connectivity index (χ2v) is 4.80. The van der Waals surface area contributed by atoms with E-state index in [-0.39, 0.29) is 0 Å². The van der Waals surface area contributed by atoms with Crippen molar-refractivity contribution in [2.45, 2.75) is 26.2 Å². The molecule has 0 amide bonds. The largest absolute Gasteiger partial charge is 0.256 e. The van der Waals surface area contributed by atoms with Crippen LogP contribution < -0.4 is 0 Å². The standard InChI is InChI=1S/C17H17N/c1-2-3-6-13-9-10-15-14(11-13)12-18-17-8-5-4-7-16(15)17/h4-5,7-12H,2-3,6H2,1H3. The molecule has 0 bridgehead atoms. The van der Waals surface area contributed by atoms with Gasteiger partial charge in [0.2, 0.25) is 0 Å². The first kappa shape index (κ1) is 11.2. The van der Waals surface area contributed by atoms with Crippen molar-refractivity contribution in [2.75, 3.05) is 0 Å². The summed E-state index contributed by atoms with van der Waals surface area (Å²) in [6, 6.07) is 15.1. The van der Waals surface area contributed by atoms with Gasteiger partial charge in [-0.25, -0.2) is 0 Å². The maximum absolute atomic E-state index is 4.53. The van der Waals surface area contributed by atoms with E-state index in [2.05, 4.69) is 48.3 Å². The molecule has 18 heavy (non-hydrogen) atoms. The van der Waals surface area contributed by atoms with E-state index < -0.39 is 0 Å². The van der Waals surface area contributed by atoms with Crippen LogP contribution >= 0.6 is 0 Å². The van der Waals surface area contributed by atoms with E-state index in [0.29, 0.717) is 0 Å². The Kier molecular flexibility index (Phi) is 2.97. The summed E-state index contributed by atoms with van der Waals surface area (Å²) in [6.45, 7) is 2.23. The Morgan fingerprint density at radius 3 is 2.78 bits per heavy atom. The van der Waals surface area contributed by atoms with Crippen molar-refractivity contribution >= 4 is 21.7 Å². The average Bonchev–Trinajstić information content (AvgIpc) is 2.44. The van der Waals surface area contributed by atoms with Gasteiger partial charge in [-0.1, -0.05) is 43.7 Å². The first-order valence-corrected chi connectivity index (χ1v) is 6.65. The Morgan fingerprint density at radius 1 is 1.00 bits per heavy atom. The minimum atomic E-state index is 1.08. The highest BCUT2D eigenvalue weighted by Gasteiger charge is 2.02. The minimum absolute atomic E-state index is 1.08. The highest BCUT2D eigenvalue weighted by Crippen LogP contribution is 2.24. The molecule has 0 atom stereocenters. The van der Waals surface area contributed by atoms with Crippen molar-refractivity contribution in [3.05, 3.63) is 54.2 Å². The molecule has 0 saturated carbocycles. The van der Waals surface area contributed by atoms with Crippen LogP contribution in [0.5, 0.6) is 0 Å². The third-order valence-electron chi connectivity index (χ3n) is 3.47. The molecule has 1 heterocycles. The number of rotatable bonds is 3. The lowest BCUT2D eigenvalue weighted by molar-refractivity contribution is 0.796. The second kappa shape index (κ2) is 4.77. The summed E-state index contributed by atoms with van der Waals surface area (Å²) in [5.74, 6) is 0. The lowest BCUT2D eigenvalue weighted by Crippen LogP contribution is -1.87. The quantitative estimate of drug-likeness (QED) is 0.598. The number of hydrogen-bond acceptors (Lipinski definition) is 1. The van der Waals surface area contributed by atoms with E-state index in [4.69, 9.17) is 0 Å². The van der Waals surface area contributed by atoms with Crippen molar-refractivity contribution in [2.24, 2.45) is 0 Å². The predicted molar refractivity (Wildman–Crippen MR) is 77.9 cm³/mol. The van der Waals surface area contributed by atoms with Gasteiger partial charge in [-0.05, 0) is 35.9 Å². The summed E-state index contributed by atoms with van der Waals surface area (Å²) in [4.78, 5) is 4.53. The molecule has 0 fully saturated rings. The molecule has 0 aliphatic rings. The molecule has 1 heteroatoms. The number of pyridine rings is 1. The SMILES string of the molecule is CCCCc1ccc2c(cnc3ccccc32)c1. The first-order valence-electron chi connectivity index (χ1n) is 6.65. The van der Waals surface area contributed by atoms with Gasteiger partial charge in [0, 0.05) is 17.0 Å². The van der Waals surface area contributed by atoms with Crippen LogP contribution in [0, 0.1) is 0 Å². The number of aromatic nitrogens is 1. The molecule has 0 spiro atoms. The van der Waals surface area contributed by atoms with Crippen LogP contribution in [0.15, 0.2) is 48.7 Å². The lowest BCUT2D eigenvalue weighted by Gasteiger charge is -2.05. The van der Waals surface area contributed by atoms with Gasteiger partial charge in [0.05, 0.1) is 5.52 Å². The number of para-hydroxylation sites is 1. The highest BCUT2D eigenvalue weighted by atomic mass is 14.6. The van der Waals surface area contributed by atoms with E-state index in [0.717, 1.165) is 5.52 Å². The molecule has 0 radical (unpaired) electrons. The number of unbranched alkanes of at least 4 members (excludes halogenated alkanes) is 1. The third kappa shape index (κ3) is 1.97. The number of hydrogen-bond donors (Lipinski definition) is 0. The second-order valence-electron chi connectivity index (χ2n) is 4.80. The summed E-state index contributed by atoms with van der Waals surface area (Å²) in [7, 11) is 0. The molecule has 3 rings (SSSR count). The van der Waals surface area contributed by atoms with Crippen LogP contribution in [0.25, 0.3) is 21.7 Å². The van der Waals surface area contributed by atoms with Crippen molar-refractivity contribution in [3.8, 4) is 0 Å². The fourth-order valence-corrected chi connectivity index (χ4v) is 2.45. The van der Waals surface area contributed by atoms with Crippen molar-refractivity contribution in [3.63, 3.8) is 0 Å². The molecule has 1 aromatic heterocycles. The highest BCUT2D eigenvalue weighted by molar-refractivity contribution is 6.05. The average molecular weight is 235 g/mol. The topological polar surface area (TPSA) is 12.9 Å². The Balaban J connectivity index is 2.15. The minimum Gasteiger partial charge on any atom is -0.256 e. The fourth-order valence-electron chi connectivity index (χ4n) is 2.45. The Labute approximate surface area is 107 Å². The maximum atomic E-state index is 4.53. The first-order chi connectivity index (χ1) is 8.88. The van der Waals surface area contributed by atoms with Gasteiger partial charge in [-0.2, -0.15) is 0 Å². The van der Waals surface area contributed by atoms with Crippen LogP contribution in [0.3, 0.4) is 0 Å². The molecule has 1 nitrogen and oxygen atoms in total. The lowest BCUT2D eigenvalue weighted by atomic mass is 10.0. The molecule has 0 unspecified atom stereocenters. The zero-order chi connectivity index (χ0) is 12.4. The zero-order valence-electron chi connectivity index (χ0n) is 10.7. The molecule has 2 aromatic carbocycles. The molecule has 0 aliphatic heterocycles. The smallest absolute Gasteiger partial charge is 0.0708 e. The van der Waals surface area contributed by atoms with Gasteiger partial charge in [0.25, 0.3) is 0 Å². The molecule has 90 valence electrons. The Morgan fingerprint density at radius 2 is 1.89 bits per heavy atom. The number of aryl methyl sites for hydroxylation is 1. The summed E-state index contributed by atoms with van der Waals surface area (Å²) in [6.07, 6.45) is 5.66. The van der Waals surface area contributed by atoms with Crippen LogP contribution in [-0.2, 0) is 6.42 Å². The zero-order valence-corrected chi connectivity index (χ0v) is 10.7. The van der Waals surface area contributed by atoms with Crippen LogP contribution in [0.4, 0.5) is 0 Å². The summed E-state index contributed by atoms with van der Waals surface area (Å²) in [5.41, 5.74) is 2.49. The normalized spacial score (nSPS) is 11.2. The van der Waals surface area contributed by atoms with Crippen molar-refractivity contribution < 1.29 is 0 Å². The van der Waals surface area contributed by atoms with Gasteiger partial charge in [-0.3, -0.25) is 4.98 Å². The number of benzene rings is 2. The summed E-state index contributed by atoms with van der Waals surface area (Å²) in [5, 5.41) is 3.81. The van der Waals surface area contributed by atoms with Crippen molar-refractivity contribution in [1.29, 1.82) is 0 Å². The molecule has 0 N–H and O–H groups in total. The van der Waals surface area contributed by atoms with Gasteiger partial charge in [0.15, 0.2) is 0 Å². The van der Waals surface area contributed by atoms with E-state index in [1.165, 1.54) is 41.0 Å². The molecule has 0 saturated heterocycles. The van der Waals surface area contributed by atoms with E-state index >= 15 is 0 Å². The molecular formula is C17H17N. The van der Waals surface area contributed by atoms with E-state index in [1.807, 2.05) is 12.3 Å². The Bertz CT molecular complexity index is 685. The predicted octanol–water partition coefficient (Wildman–Crippen LogP) is 4.73. The van der Waals surface area contributed by atoms with Gasteiger partial charge < -0.3 is 0 Å². The maximum Gasteiger partial charge on any atom is 0.0708 e. The summed E-state index contributed by atoms with van der Waals surface area (Å²) >= 11 is 0. The molecule has 0 aliphatic carbocycles. The van der Waals surface area contributed by atoms with Crippen LogP contribution in [0.1, 0.15) is 25.3 Å². The van der Waals surface area contributed by atoms with Crippen molar-refractivity contribution in [1.82, 2.24) is 4.98 Å². The fraction of sp³-hybridized carbons (Fsp3) is 0.235. The number of nitrogens with zero attached hydrogens (tertiary/aromatic N) is 1. The van der Waals surface area contributed by atoms with Crippen LogP contribution in [0.2, 0.25) is 0 Å².